The van der Waals surface area contributed by atoms with Crippen LogP contribution in [0.3, 0.4) is 0 Å². The lowest BCUT2D eigenvalue weighted by atomic mass is 10.1. The van der Waals surface area contributed by atoms with E-state index >= 15 is 0 Å². The Hall–Kier alpha value is -4.23. The molecule has 1 amide bonds. The van der Waals surface area contributed by atoms with Gasteiger partial charge in [-0.15, -0.1) is 0 Å². The molecule has 5 rings (SSSR count). The van der Waals surface area contributed by atoms with Crippen LogP contribution in [0, 0.1) is 11.7 Å². The number of nitrogens with zero attached hydrogens (tertiary/aromatic N) is 3. The first-order valence-electron chi connectivity index (χ1n) is 11.3. The predicted molar refractivity (Wildman–Crippen MR) is 140 cm³/mol. The molecule has 0 unspecified atom stereocenters. The number of hydrogen-bond donors (Lipinski definition) is 1. The summed E-state index contributed by atoms with van der Waals surface area (Å²) in [5, 5.41) is 9.71. The molecule has 0 saturated heterocycles. The molecule has 6 nitrogen and oxygen atoms in total. The van der Waals surface area contributed by atoms with E-state index in [4.69, 9.17) is 17.0 Å². The number of anilines is 1. The summed E-state index contributed by atoms with van der Waals surface area (Å²) in [6.07, 6.45) is 0. The molecule has 0 spiro atoms. The molecule has 0 saturated carbocycles. The second-order valence-corrected chi connectivity index (χ2v) is 8.57. The number of rotatable bonds is 7. The van der Waals surface area contributed by atoms with Crippen molar-refractivity contribution in [1.29, 1.82) is 0 Å². The highest BCUT2D eigenvalue weighted by Crippen LogP contribution is 2.23. The van der Waals surface area contributed by atoms with Gasteiger partial charge in [0.15, 0.2) is 5.82 Å². The van der Waals surface area contributed by atoms with Gasteiger partial charge in [0.2, 0.25) is 10.7 Å². The largest absolute Gasteiger partial charge is 0.486 e. The third-order valence-corrected chi connectivity index (χ3v) is 6.06. The number of fused-ring (bicyclic) bond motifs is 1. The fourth-order valence-electron chi connectivity index (χ4n) is 3.93. The molecule has 0 aliphatic heterocycles. The number of hydrogen-bond acceptors (Lipinski definition) is 4. The Labute approximate surface area is 208 Å². The molecule has 0 aliphatic rings. The van der Waals surface area contributed by atoms with Gasteiger partial charge in [-0.25, -0.2) is 4.68 Å². The highest BCUT2D eigenvalue weighted by Gasteiger charge is 2.16. The minimum atomic E-state index is -0.207. The molecule has 4 aromatic carbocycles. The molecule has 0 atom stereocenters. The van der Waals surface area contributed by atoms with Crippen LogP contribution in [0.4, 0.5) is 5.69 Å². The van der Waals surface area contributed by atoms with Crippen LogP contribution in [0.1, 0.15) is 11.4 Å². The van der Waals surface area contributed by atoms with Crippen LogP contribution < -0.4 is 10.1 Å². The van der Waals surface area contributed by atoms with Gasteiger partial charge in [0, 0.05) is 16.8 Å². The van der Waals surface area contributed by atoms with Crippen molar-refractivity contribution < 1.29 is 9.53 Å². The average Bonchev–Trinajstić information content (AvgIpc) is 3.18. The smallest absolute Gasteiger partial charge is 0.246 e. The molecule has 7 heteroatoms. The summed E-state index contributed by atoms with van der Waals surface area (Å²) in [5.74, 6) is 1.14. The monoisotopic (exact) mass is 480 g/mol. The standard InChI is InChI=1S/C28H24N4O2S/c1-20-14-16-22(17-15-20)32-26(19-34-23-10-3-2-4-11-23)30-31(28(32)35)18-27(33)29-25-13-7-9-21-8-5-6-12-24(21)25/h2-17H,18-19H2,1H3,(H,29,33). The summed E-state index contributed by atoms with van der Waals surface area (Å²) in [6, 6.07) is 31.3. The van der Waals surface area contributed by atoms with Crippen molar-refractivity contribution in [2.75, 3.05) is 5.32 Å². The Bertz CT molecular complexity index is 1530. The first-order valence-corrected chi connectivity index (χ1v) is 11.7. The van der Waals surface area contributed by atoms with E-state index < -0.39 is 0 Å². The van der Waals surface area contributed by atoms with Crippen LogP contribution in [0.2, 0.25) is 0 Å². The van der Waals surface area contributed by atoms with Crippen molar-refractivity contribution in [2.24, 2.45) is 0 Å². The number of aryl methyl sites for hydroxylation is 1. The predicted octanol–water partition coefficient (Wildman–Crippen LogP) is 6.08. The van der Waals surface area contributed by atoms with Crippen molar-refractivity contribution in [1.82, 2.24) is 14.3 Å². The molecule has 0 aliphatic carbocycles. The van der Waals surface area contributed by atoms with Gasteiger partial charge in [0.1, 0.15) is 18.9 Å². The quantitative estimate of drug-likeness (QED) is 0.287. The Morgan fingerprint density at radius 1 is 0.914 bits per heavy atom. The zero-order valence-electron chi connectivity index (χ0n) is 19.2. The van der Waals surface area contributed by atoms with Crippen LogP contribution in [0.25, 0.3) is 16.5 Å². The maximum atomic E-state index is 13.0. The van der Waals surface area contributed by atoms with Crippen molar-refractivity contribution >= 4 is 34.6 Å². The highest BCUT2D eigenvalue weighted by molar-refractivity contribution is 7.71. The second-order valence-electron chi connectivity index (χ2n) is 8.20. The number of amides is 1. The van der Waals surface area contributed by atoms with Gasteiger partial charge in [-0.3, -0.25) is 9.36 Å². The first-order chi connectivity index (χ1) is 17.1. The van der Waals surface area contributed by atoms with E-state index in [1.165, 1.54) is 0 Å². The van der Waals surface area contributed by atoms with E-state index in [0.717, 1.165) is 33.5 Å². The summed E-state index contributed by atoms with van der Waals surface area (Å²) in [5.41, 5.74) is 2.77. The number of ether oxygens (including phenoxy) is 1. The Balaban J connectivity index is 1.43. The molecule has 5 aromatic rings. The van der Waals surface area contributed by atoms with Crippen LogP contribution in [-0.2, 0) is 17.9 Å². The number of carbonyl (C=O) groups excluding carboxylic acids is 1. The van der Waals surface area contributed by atoms with Crippen LogP contribution in [0.15, 0.2) is 97.1 Å². The van der Waals surface area contributed by atoms with E-state index in [9.17, 15) is 4.79 Å². The zero-order valence-corrected chi connectivity index (χ0v) is 20.0. The van der Waals surface area contributed by atoms with Crippen molar-refractivity contribution in [2.45, 2.75) is 20.1 Å². The SMILES string of the molecule is Cc1ccc(-n2c(COc3ccccc3)nn(CC(=O)Nc3cccc4ccccc34)c2=S)cc1. The van der Waals surface area contributed by atoms with E-state index in [0.29, 0.717) is 10.6 Å². The van der Waals surface area contributed by atoms with Gasteiger partial charge < -0.3 is 10.1 Å². The Morgan fingerprint density at radius 3 is 2.43 bits per heavy atom. The van der Waals surface area contributed by atoms with Crippen molar-refractivity contribution in [3.05, 3.63) is 113 Å². The summed E-state index contributed by atoms with van der Waals surface area (Å²) in [6.45, 7) is 2.22. The highest BCUT2D eigenvalue weighted by atomic mass is 32.1. The van der Waals surface area contributed by atoms with Gasteiger partial charge in [0.25, 0.3) is 0 Å². The molecule has 35 heavy (non-hydrogen) atoms. The van der Waals surface area contributed by atoms with E-state index in [1.54, 1.807) is 4.68 Å². The molecule has 174 valence electrons. The van der Waals surface area contributed by atoms with Crippen molar-refractivity contribution in [3.8, 4) is 11.4 Å². The molecule has 1 heterocycles. The summed E-state index contributed by atoms with van der Waals surface area (Å²) in [4.78, 5) is 13.0. The first kappa shape index (κ1) is 22.6. The lowest BCUT2D eigenvalue weighted by Crippen LogP contribution is -2.20. The third kappa shape index (κ3) is 5.00. The zero-order chi connectivity index (χ0) is 24.2. The van der Waals surface area contributed by atoms with Crippen LogP contribution >= 0.6 is 12.2 Å². The Kier molecular flexibility index (Phi) is 6.41. The molecular weight excluding hydrogens is 456 g/mol. The average molecular weight is 481 g/mol. The fraction of sp³-hybridized carbons (Fsp3) is 0.107. The molecule has 0 radical (unpaired) electrons. The van der Waals surface area contributed by atoms with Gasteiger partial charge in [-0.2, -0.15) is 5.10 Å². The lowest BCUT2D eigenvalue weighted by Gasteiger charge is -2.09. The summed E-state index contributed by atoms with van der Waals surface area (Å²) >= 11 is 5.75. The summed E-state index contributed by atoms with van der Waals surface area (Å²) < 4.78 is 9.77. The lowest BCUT2D eigenvalue weighted by molar-refractivity contribution is -0.116. The topological polar surface area (TPSA) is 61.1 Å². The van der Waals surface area contributed by atoms with Crippen LogP contribution in [0.5, 0.6) is 5.75 Å². The fourth-order valence-corrected chi connectivity index (χ4v) is 4.24. The molecule has 1 N–H and O–H groups in total. The molecule has 0 fully saturated rings. The number of para-hydroxylation sites is 1. The van der Waals surface area contributed by atoms with Crippen LogP contribution in [-0.4, -0.2) is 20.3 Å². The third-order valence-electron chi connectivity index (χ3n) is 5.67. The van der Waals surface area contributed by atoms with Gasteiger partial charge in [-0.05, 0) is 54.9 Å². The number of benzene rings is 4. The maximum absolute atomic E-state index is 13.0. The molecule has 1 aromatic heterocycles. The van der Waals surface area contributed by atoms with Gasteiger partial charge in [0.05, 0.1) is 0 Å². The Morgan fingerprint density at radius 2 is 1.63 bits per heavy atom. The van der Waals surface area contributed by atoms with E-state index in [2.05, 4.69) is 10.4 Å². The number of aromatic nitrogens is 3. The van der Waals surface area contributed by atoms with E-state index in [-0.39, 0.29) is 19.1 Å². The normalized spacial score (nSPS) is 10.9. The van der Waals surface area contributed by atoms with E-state index in [1.807, 2.05) is 109 Å². The van der Waals surface area contributed by atoms with Gasteiger partial charge in [-0.1, -0.05) is 72.3 Å². The molecular formula is C28H24N4O2S. The van der Waals surface area contributed by atoms with Crippen molar-refractivity contribution in [3.63, 3.8) is 0 Å². The maximum Gasteiger partial charge on any atom is 0.246 e. The second kappa shape index (κ2) is 9.95. The molecule has 0 bridgehead atoms. The minimum absolute atomic E-state index is 0.0146. The summed E-state index contributed by atoms with van der Waals surface area (Å²) in [7, 11) is 0. The number of carbonyl (C=O) groups is 1. The minimum Gasteiger partial charge on any atom is -0.486 e. The van der Waals surface area contributed by atoms with Gasteiger partial charge >= 0.3 is 0 Å². The number of nitrogens with one attached hydrogen (secondary N) is 1.